The molecule has 1 aromatic heterocycles. The van der Waals surface area contributed by atoms with Gasteiger partial charge in [-0.05, 0) is 30.3 Å². The molecule has 5 nitrogen and oxygen atoms in total. The summed E-state index contributed by atoms with van der Waals surface area (Å²) in [6.45, 7) is 0. The molecule has 21 heavy (non-hydrogen) atoms. The standard InChI is InChI=1S/C13H13FN2O3S2/c1-15-13(17)12-7-11(8-20-12)21(18,19)16(2)10-5-3-9(14)4-6-10/h3-8H,1-2H3,(H,15,17). The minimum absolute atomic E-state index is 0.0259. The Labute approximate surface area is 126 Å². The molecular weight excluding hydrogens is 315 g/mol. The minimum atomic E-state index is -3.78. The molecule has 1 heterocycles. The molecule has 0 saturated heterocycles. The lowest BCUT2D eigenvalue weighted by Gasteiger charge is -2.18. The molecule has 2 rings (SSSR count). The average molecular weight is 328 g/mol. The van der Waals surface area contributed by atoms with E-state index in [1.165, 1.54) is 49.8 Å². The van der Waals surface area contributed by atoms with Gasteiger partial charge in [-0.3, -0.25) is 9.10 Å². The Morgan fingerprint density at radius 2 is 1.90 bits per heavy atom. The van der Waals surface area contributed by atoms with Crippen LogP contribution in [0.1, 0.15) is 9.67 Å². The van der Waals surface area contributed by atoms with Crippen LogP contribution in [0.25, 0.3) is 0 Å². The van der Waals surface area contributed by atoms with E-state index in [1.807, 2.05) is 0 Å². The lowest BCUT2D eigenvalue weighted by Crippen LogP contribution is -2.26. The molecule has 2 aromatic rings. The van der Waals surface area contributed by atoms with Crippen molar-refractivity contribution in [3.63, 3.8) is 0 Å². The van der Waals surface area contributed by atoms with Crippen molar-refractivity contribution in [2.75, 3.05) is 18.4 Å². The first-order valence-corrected chi connectivity index (χ1v) is 8.23. The normalized spacial score (nSPS) is 11.2. The van der Waals surface area contributed by atoms with Gasteiger partial charge in [-0.2, -0.15) is 0 Å². The SMILES string of the molecule is CNC(=O)c1cc(S(=O)(=O)N(C)c2ccc(F)cc2)cs1. The molecule has 112 valence electrons. The Kier molecular flexibility index (Phi) is 4.29. The van der Waals surface area contributed by atoms with Crippen molar-refractivity contribution in [2.45, 2.75) is 4.90 Å². The number of thiophene rings is 1. The van der Waals surface area contributed by atoms with Crippen molar-refractivity contribution >= 4 is 33.0 Å². The smallest absolute Gasteiger partial charge is 0.264 e. The fraction of sp³-hybridized carbons (Fsp3) is 0.154. The zero-order valence-electron chi connectivity index (χ0n) is 11.3. The molecule has 0 atom stereocenters. The first-order valence-electron chi connectivity index (χ1n) is 5.91. The van der Waals surface area contributed by atoms with Crippen molar-refractivity contribution in [1.82, 2.24) is 5.32 Å². The molecule has 0 bridgehead atoms. The van der Waals surface area contributed by atoms with Gasteiger partial charge in [-0.1, -0.05) is 0 Å². The highest BCUT2D eigenvalue weighted by atomic mass is 32.2. The molecular formula is C13H13FN2O3S2. The molecule has 0 aliphatic carbocycles. The molecule has 0 aliphatic heterocycles. The third-order valence-electron chi connectivity index (χ3n) is 2.87. The zero-order chi connectivity index (χ0) is 15.6. The summed E-state index contributed by atoms with van der Waals surface area (Å²) in [4.78, 5) is 11.8. The van der Waals surface area contributed by atoms with Crippen molar-refractivity contribution in [3.8, 4) is 0 Å². The highest BCUT2D eigenvalue weighted by Crippen LogP contribution is 2.25. The van der Waals surface area contributed by atoms with E-state index in [4.69, 9.17) is 0 Å². The van der Waals surface area contributed by atoms with Crippen LogP contribution in [0.5, 0.6) is 0 Å². The molecule has 0 saturated carbocycles. The molecule has 0 spiro atoms. The van der Waals surface area contributed by atoms with E-state index >= 15 is 0 Å². The summed E-state index contributed by atoms with van der Waals surface area (Å²) in [5.74, 6) is -0.784. The summed E-state index contributed by atoms with van der Waals surface area (Å²) in [5, 5.41) is 3.84. The topological polar surface area (TPSA) is 66.5 Å². The van der Waals surface area contributed by atoms with Crippen LogP contribution in [-0.4, -0.2) is 28.4 Å². The Morgan fingerprint density at radius 1 is 1.29 bits per heavy atom. The van der Waals surface area contributed by atoms with E-state index in [-0.39, 0.29) is 10.8 Å². The Hall–Kier alpha value is -1.93. The van der Waals surface area contributed by atoms with E-state index in [0.717, 1.165) is 15.6 Å². The molecule has 1 aromatic carbocycles. The van der Waals surface area contributed by atoms with Crippen LogP contribution in [0.15, 0.2) is 40.6 Å². The predicted octanol–water partition coefficient (Wildman–Crippen LogP) is 2.07. The van der Waals surface area contributed by atoms with E-state index in [9.17, 15) is 17.6 Å². The number of benzene rings is 1. The molecule has 0 radical (unpaired) electrons. The maximum Gasteiger partial charge on any atom is 0.264 e. The molecule has 0 aliphatic rings. The van der Waals surface area contributed by atoms with Gasteiger partial charge in [0, 0.05) is 19.5 Å². The predicted molar refractivity (Wildman–Crippen MR) is 79.7 cm³/mol. The number of anilines is 1. The van der Waals surface area contributed by atoms with E-state index < -0.39 is 15.8 Å². The van der Waals surface area contributed by atoms with Crippen LogP contribution in [0.4, 0.5) is 10.1 Å². The van der Waals surface area contributed by atoms with E-state index in [1.54, 1.807) is 0 Å². The average Bonchev–Trinajstić information content (AvgIpc) is 2.97. The van der Waals surface area contributed by atoms with Gasteiger partial charge < -0.3 is 5.32 Å². The summed E-state index contributed by atoms with van der Waals surface area (Å²) >= 11 is 1.05. The number of nitrogens with zero attached hydrogens (tertiary/aromatic N) is 1. The number of sulfonamides is 1. The van der Waals surface area contributed by atoms with Crippen molar-refractivity contribution in [1.29, 1.82) is 0 Å². The van der Waals surface area contributed by atoms with Crippen LogP contribution < -0.4 is 9.62 Å². The lowest BCUT2D eigenvalue weighted by atomic mass is 10.3. The highest BCUT2D eigenvalue weighted by Gasteiger charge is 2.23. The summed E-state index contributed by atoms with van der Waals surface area (Å²) in [6, 6.07) is 6.44. The second-order valence-electron chi connectivity index (χ2n) is 4.17. The largest absolute Gasteiger partial charge is 0.354 e. The molecule has 1 amide bonds. The number of rotatable bonds is 4. The number of halogens is 1. The van der Waals surface area contributed by atoms with Gasteiger partial charge in [0.05, 0.1) is 15.5 Å². The van der Waals surface area contributed by atoms with Gasteiger partial charge in [0.15, 0.2) is 0 Å². The molecule has 8 heteroatoms. The molecule has 1 N–H and O–H groups in total. The summed E-state index contributed by atoms with van der Waals surface area (Å²) < 4.78 is 38.8. The summed E-state index contributed by atoms with van der Waals surface area (Å²) in [6.07, 6.45) is 0. The van der Waals surface area contributed by atoms with Crippen LogP contribution in [0.2, 0.25) is 0 Å². The monoisotopic (exact) mass is 328 g/mol. The number of hydrogen-bond acceptors (Lipinski definition) is 4. The first kappa shape index (κ1) is 15.5. The van der Waals surface area contributed by atoms with Crippen LogP contribution in [-0.2, 0) is 10.0 Å². The van der Waals surface area contributed by atoms with Crippen LogP contribution >= 0.6 is 11.3 Å². The number of carbonyl (C=O) groups is 1. The first-order chi connectivity index (χ1) is 9.86. The van der Waals surface area contributed by atoms with Crippen molar-refractivity contribution < 1.29 is 17.6 Å². The maximum absolute atomic E-state index is 12.9. The molecule has 0 fully saturated rings. The van der Waals surface area contributed by atoms with Crippen LogP contribution in [0, 0.1) is 5.82 Å². The number of nitrogens with one attached hydrogen (secondary N) is 1. The van der Waals surface area contributed by atoms with Gasteiger partial charge >= 0.3 is 0 Å². The Balaban J connectivity index is 2.35. The number of hydrogen-bond donors (Lipinski definition) is 1. The highest BCUT2D eigenvalue weighted by molar-refractivity contribution is 7.93. The fourth-order valence-electron chi connectivity index (χ4n) is 1.64. The van der Waals surface area contributed by atoms with Gasteiger partial charge in [-0.15, -0.1) is 11.3 Å². The van der Waals surface area contributed by atoms with Crippen molar-refractivity contribution in [2.24, 2.45) is 0 Å². The third kappa shape index (κ3) is 3.06. The van der Waals surface area contributed by atoms with Gasteiger partial charge in [0.2, 0.25) is 0 Å². The lowest BCUT2D eigenvalue weighted by molar-refractivity contribution is 0.0967. The fourth-order valence-corrected chi connectivity index (χ4v) is 4.05. The number of carbonyl (C=O) groups excluding carboxylic acids is 1. The van der Waals surface area contributed by atoms with E-state index in [2.05, 4.69) is 5.32 Å². The van der Waals surface area contributed by atoms with Crippen molar-refractivity contribution in [3.05, 3.63) is 46.4 Å². The Morgan fingerprint density at radius 3 is 2.48 bits per heavy atom. The second-order valence-corrected chi connectivity index (χ2v) is 7.06. The maximum atomic E-state index is 12.9. The van der Waals surface area contributed by atoms with Gasteiger partial charge in [-0.25, -0.2) is 12.8 Å². The third-order valence-corrected chi connectivity index (χ3v) is 5.72. The summed E-state index contributed by atoms with van der Waals surface area (Å²) in [7, 11) is -0.937. The quantitative estimate of drug-likeness (QED) is 0.934. The second kappa shape index (κ2) is 5.82. The van der Waals surface area contributed by atoms with Crippen LogP contribution in [0.3, 0.4) is 0 Å². The van der Waals surface area contributed by atoms with E-state index in [0.29, 0.717) is 10.6 Å². The zero-order valence-corrected chi connectivity index (χ0v) is 13.0. The minimum Gasteiger partial charge on any atom is -0.354 e. The summed E-state index contributed by atoms with van der Waals surface area (Å²) in [5.41, 5.74) is 0.337. The number of amides is 1. The Bertz CT molecular complexity index is 754. The van der Waals surface area contributed by atoms with Gasteiger partial charge in [0.1, 0.15) is 5.82 Å². The van der Waals surface area contributed by atoms with Gasteiger partial charge in [0.25, 0.3) is 15.9 Å². The molecule has 0 unspecified atom stereocenters.